The third kappa shape index (κ3) is 7.80. The van der Waals surface area contributed by atoms with Crippen molar-refractivity contribution in [1.82, 2.24) is 10.6 Å². The molecule has 0 aliphatic carbocycles. The maximum atomic E-state index is 3.64. The largest absolute Gasteiger partial charge is 0.297 e. The van der Waals surface area contributed by atoms with E-state index in [9.17, 15) is 0 Å². The number of hydrogen-bond acceptors (Lipinski definition) is 2. The van der Waals surface area contributed by atoms with Crippen LogP contribution in [0.1, 0.15) is 62.3 Å². The Morgan fingerprint density at radius 3 is 1.00 bits per heavy atom. The Labute approximate surface area is 96.2 Å². The maximum Gasteiger partial charge on any atom is 0.0629 e. The second-order valence-electron chi connectivity index (χ2n) is 7.59. The summed E-state index contributed by atoms with van der Waals surface area (Å²) in [7, 11) is 0. The summed E-state index contributed by atoms with van der Waals surface area (Å²) in [6, 6.07) is 0. The smallest absolute Gasteiger partial charge is 0.0629 e. The van der Waals surface area contributed by atoms with Crippen LogP contribution in [0.4, 0.5) is 0 Å². The first-order valence-corrected chi connectivity index (χ1v) is 5.87. The van der Waals surface area contributed by atoms with Gasteiger partial charge in [-0.25, -0.2) is 0 Å². The molecule has 0 heterocycles. The molecular weight excluding hydrogens is 184 g/mol. The van der Waals surface area contributed by atoms with Crippen LogP contribution in [0.3, 0.4) is 0 Å². The Morgan fingerprint density at radius 2 is 0.867 bits per heavy atom. The second-order valence-corrected chi connectivity index (χ2v) is 7.59. The van der Waals surface area contributed by atoms with Gasteiger partial charge in [0, 0.05) is 11.1 Å². The number of rotatable bonds is 2. The monoisotopic (exact) mass is 214 g/mol. The van der Waals surface area contributed by atoms with Crippen molar-refractivity contribution in [3.63, 3.8) is 0 Å². The van der Waals surface area contributed by atoms with Gasteiger partial charge in [-0.3, -0.25) is 10.6 Å². The third-order valence-corrected chi connectivity index (χ3v) is 2.02. The van der Waals surface area contributed by atoms with E-state index >= 15 is 0 Å². The van der Waals surface area contributed by atoms with Gasteiger partial charge in [0.15, 0.2) is 0 Å². The summed E-state index contributed by atoms with van der Waals surface area (Å²) in [5, 5.41) is 7.28. The average Bonchev–Trinajstić information content (AvgIpc) is 1.75. The SMILES string of the molecule is CC(C)(C)NC(NC(C)(C)C)C(C)(C)C. The first kappa shape index (κ1) is 14.9. The lowest BCUT2D eigenvalue weighted by molar-refractivity contribution is 0.151. The van der Waals surface area contributed by atoms with Gasteiger partial charge in [0.25, 0.3) is 0 Å². The van der Waals surface area contributed by atoms with E-state index in [0.717, 1.165) is 0 Å². The van der Waals surface area contributed by atoms with Crippen LogP contribution >= 0.6 is 0 Å². The summed E-state index contributed by atoms with van der Waals surface area (Å²) < 4.78 is 0. The highest BCUT2D eigenvalue weighted by Gasteiger charge is 2.30. The topological polar surface area (TPSA) is 24.1 Å². The number of nitrogens with one attached hydrogen (secondary N) is 2. The Hall–Kier alpha value is -0.0800. The zero-order valence-corrected chi connectivity index (χ0v) is 12.1. The van der Waals surface area contributed by atoms with Gasteiger partial charge in [0.2, 0.25) is 0 Å². The molecule has 2 N–H and O–H groups in total. The first-order chi connectivity index (χ1) is 6.31. The lowest BCUT2D eigenvalue weighted by Crippen LogP contribution is -2.61. The van der Waals surface area contributed by atoms with Crippen LogP contribution in [0.25, 0.3) is 0 Å². The molecule has 15 heavy (non-hydrogen) atoms. The molecule has 0 aliphatic heterocycles. The molecule has 0 unspecified atom stereocenters. The lowest BCUT2D eigenvalue weighted by Gasteiger charge is -2.41. The van der Waals surface area contributed by atoms with E-state index in [0.29, 0.717) is 6.17 Å². The molecule has 0 amide bonds. The van der Waals surface area contributed by atoms with E-state index in [4.69, 9.17) is 0 Å². The molecule has 0 rings (SSSR count). The standard InChI is InChI=1S/C13H30N2/c1-11(2,3)10(14-12(4,5)6)15-13(7,8)9/h10,14-15H,1-9H3. The van der Waals surface area contributed by atoms with E-state index in [1.807, 2.05) is 0 Å². The van der Waals surface area contributed by atoms with Gasteiger partial charge in [-0.2, -0.15) is 0 Å². The highest BCUT2D eigenvalue weighted by Crippen LogP contribution is 2.21. The summed E-state index contributed by atoms with van der Waals surface area (Å²) in [6.07, 6.45) is 0.317. The van der Waals surface area contributed by atoms with Crippen LogP contribution < -0.4 is 10.6 Å². The fraction of sp³-hybridized carbons (Fsp3) is 1.00. The molecule has 0 spiro atoms. The van der Waals surface area contributed by atoms with Crippen LogP contribution in [0.5, 0.6) is 0 Å². The highest BCUT2D eigenvalue weighted by atomic mass is 15.2. The minimum Gasteiger partial charge on any atom is -0.297 e. The molecule has 92 valence electrons. The summed E-state index contributed by atoms with van der Waals surface area (Å²) >= 11 is 0. The predicted octanol–water partition coefficient (Wildman–Crippen LogP) is 3.13. The molecule has 0 bridgehead atoms. The lowest BCUT2D eigenvalue weighted by atomic mass is 9.88. The van der Waals surface area contributed by atoms with Gasteiger partial charge < -0.3 is 0 Å². The van der Waals surface area contributed by atoms with E-state index in [1.54, 1.807) is 0 Å². The average molecular weight is 214 g/mol. The van der Waals surface area contributed by atoms with Crippen molar-refractivity contribution < 1.29 is 0 Å². The molecule has 2 nitrogen and oxygen atoms in total. The Kier molecular flexibility index (Phi) is 4.40. The van der Waals surface area contributed by atoms with Crippen LogP contribution in [-0.2, 0) is 0 Å². The van der Waals surface area contributed by atoms with E-state index in [1.165, 1.54) is 0 Å². The summed E-state index contributed by atoms with van der Waals surface area (Å²) in [5.41, 5.74) is 0.479. The first-order valence-electron chi connectivity index (χ1n) is 5.87. The van der Waals surface area contributed by atoms with E-state index in [-0.39, 0.29) is 16.5 Å². The van der Waals surface area contributed by atoms with Crippen molar-refractivity contribution in [1.29, 1.82) is 0 Å². The van der Waals surface area contributed by atoms with Gasteiger partial charge in [-0.1, -0.05) is 20.8 Å². The van der Waals surface area contributed by atoms with Crippen LogP contribution in [0, 0.1) is 5.41 Å². The van der Waals surface area contributed by atoms with E-state index in [2.05, 4.69) is 72.9 Å². The predicted molar refractivity (Wildman–Crippen MR) is 69.0 cm³/mol. The normalized spacial score (nSPS) is 14.8. The fourth-order valence-corrected chi connectivity index (χ4v) is 1.34. The van der Waals surface area contributed by atoms with Crippen LogP contribution in [0.2, 0.25) is 0 Å². The molecule has 0 aromatic heterocycles. The molecule has 0 atom stereocenters. The van der Waals surface area contributed by atoms with Crippen molar-refractivity contribution in [2.45, 2.75) is 79.6 Å². The van der Waals surface area contributed by atoms with Crippen molar-refractivity contribution in [2.75, 3.05) is 0 Å². The minimum absolute atomic E-state index is 0.135. The zero-order valence-electron chi connectivity index (χ0n) is 12.1. The third-order valence-electron chi connectivity index (χ3n) is 2.02. The molecule has 0 saturated carbocycles. The van der Waals surface area contributed by atoms with Gasteiger partial charge in [-0.15, -0.1) is 0 Å². The highest BCUT2D eigenvalue weighted by molar-refractivity contribution is 4.88. The molecule has 0 aromatic carbocycles. The van der Waals surface area contributed by atoms with Gasteiger partial charge >= 0.3 is 0 Å². The van der Waals surface area contributed by atoms with Gasteiger partial charge in [0.05, 0.1) is 6.17 Å². The van der Waals surface area contributed by atoms with Crippen molar-refractivity contribution in [3.8, 4) is 0 Å². The van der Waals surface area contributed by atoms with Crippen LogP contribution in [-0.4, -0.2) is 17.2 Å². The molecular formula is C13H30N2. The van der Waals surface area contributed by atoms with Gasteiger partial charge in [0.1, 0.15) is 0 Å². The van der Waals surface area contributed by atoms with Crippen molar-refractivity contribution in [3.05, 3.63) is 0 Å². The molecule has 0 aliphatic rings. The Morgan fingerprint density at radius 1 is 0.600 bits per heavy atom. The van der Waals surface area contributed by atoms with Crippen molar-refractivity contribution >= 4 is 0 Å². The Bertz CT molecular complexity index is 172. The second kappa shape index (κ2) is 4.42. The number of hydrogen-bond donors (Lipinski definition) is 2. The van der Waals surface area contributed by atoms with Gasteiger partial charge in [-0.05, 0) is 47.0 Å². The summed E-state index contributed by atoms with van der Waals surface area (Å²) in [6.45, 7) is 20.0. The quantitative estimate of drug-likeness (QED) is 0.690. The molecule has 0 aromatic rings. The molecule has 2 heteroatoms. The molecule has 0 saturated heterocycles. The maximum absolute atomic E-state index is 3.64. The summed E-state index contributed by atoms with van der Waals surface area (Å²) in [4.78, 5) is 0. The van der Waals surface area contributed by atoms with E-state index < -0.39 is 0 Å². The minimum atomic E-state index is 0.135. The molecule has 0 radical (unpaired) electrons. The molecule has 0 fully saturated rings. The zero-order chi connectivity index (χ0) is 12.5. The Balaban J connectivity index is 4.62. The summed E-state index contributed by atoms with van der Waals surface area (Å²) in [5.74, 6) is 0. The van der Waals surface area contributed by atoms with Crippen molar-refractivity contribution in [2.24, 2.45) is 5.41 Å². The fourth-order valence-electron chi connectivity index (χ4n) is 1.34. The van der Waals surface area contributed by atoms with Crippen LogP contribution in [0.15, 0.2) is 0 Å².